The SMILES string of the molecule is CC(C)C(O)C(C)(C)CNC(=O)NCCc1cccnc1. The lowest BCUT2D eigenvalue weighted by molar-refractivity contribution is 0.0151. The molecule has 0 aliphatic carbocycles. The van der Waals surface area contributed by atoms with E-state index in [9.17, 15) is 9.90 Å². The van der Waals surface area contributed by atoms with E-state index >= 15 is 0 Å². The Hall–Kier alpha value is -1.62. The van der Waals surface area contributed by atoms with Crippen molar-refractivity contribution >= 4 is 6.03 Å². The number of pyridine rings is 1. The van der Waals surface area contributed by atoms with Gasteiger partial charge in [0.05, 0.1) is 6.10 Å². The van der Waals surface area contributed by atoms with Crippen molar-refractivity contribution in [2.45, 2.75) is 40.2 Å². The van der Waals surface area contributed by atoms with Crippen LogP contribution in [0.1, 0.15) is 33.3 Å². The highest BCUT2D eigenvalue weighted by Gasteiger charge is 2.30. The molecule has 0 radical (unpaired) electrons. The van der Waals surface area contributed by atoms with Crippen molar-refractivity contribution in [1.29, 1.82) is 0 Å². The Kier molecular flexibility index (Phi) is 6.62. The van der Waals surface area contributed by atoms with Crippen LogP contribution in [0.5, 0.6) is 0 Å². The zero-order valence-electron chi connectivity index (χ0n) is 13.4. The van der Waals surface area contributed by atoms with Crippen LogP contribution in [0, 0.1) is 11.3 Å². The summed E-state index contributed by atoms with van der Waals surface area (Å²) in [5, 5.41) is 15.7. The van der Waals surface area contributed by atoms with Gasteiger partial charge in [-0.3, -0.25) is 4.98 Å². The normalized spacial score (nSPS) is 13.0. The number of aliphatic hydroxyl groups is 1. The number of amides is 2. The van der Waals surface area contributed by atoms with Gasteiger partial charge in [0, 0.05) is 30.9 Å². The second-order valence-corrected chi connectivity index (χ2v) is 6.40. The molecule has 2 amide bonds. The van der Waals surface area contributed by atoms with Gasteiger partial charge in [0.25, 0.3) is 0 Å². The molecule has 1 aromatic rings. The van der Waals surface area contributed by atoms with E-state index in [2.05, 4.69) is 15.6 Å². The average Bonchev–Trinajstić information content (AvgIpc) is 2.45. The van der Waals surface area contributed by atoms with Crippen LogP contribution in [-0.2, 0) is 6.42 Å². The van der Waals surface area contributed by atoms with E-state index in [1.165, 1.54) is 0 Å². The molecule has 0 aliphatic heterocycles. The Labute approximate surface area is 127 Å². The van der Waals surface area contributed by atoms with Crippen LogP contribution in [0.2, 0.25) is 0 Å². The summed E-state index contributed by atoms with van der Waals surface area (Å²) >= 11 is 0. The van der Waals surface area contributed by atoms with Crippen LogP contribution in [-0.4, -0.2) is 35.3 Å². The second kappa shape index (κ2) is 7.98. The molecule has 1 heterocycles. The number of carbonyl (C=O) groups excluding carboxylic acids is 1. The van der Waals surface area contributed by atoms with Crippen LogP contribution in [0.4, 0.5) is 4.79 Å². The maximum atomic E-state index is 11.8. The van der Waals surface area contributed by atoms with Gasteiger partial charge in [-0.05, 0) is 24.0 Å². The summed E-state index contributed by atoms with van der Waals surface area (Å²) in [5.41, 5.74) is 0.739. The van der Waals surface area contributed by atoms with E-state index in [-0.39, 0.29) is 17.4 Å². The molecule has 5 heteroatoms. The molecule has 0 aliphatic rings. The molecule has 0 saturated heterocycles. The molecule has 0 fully saturated rings. The third-order valence-corrected chi connectivity index (χ3v) is 3.56. The summed E-state index contributed by atoms with van der Waals surface area (Å²) < 4.78 is 0. The van der Waals surface area contributed by atoms with E-state index in [0.717, 1.165) is 12.0 Å². The number of urea groups is 1. The first kappa shape index (κ1) is 17.4. The van der Waals surface area contributed by atoms with Crippen LogP contribution < -0.4 is 10.6 Å². The molecule has 1 atom stereocenters. The number of rotatable bonds is 7. The summed E-state index contributed by atoms with van der Waals surface area (Å²) in [6, 6.07) is 3.66. The fourth-order valence-electron chi connectivity index (χ4n) is 2.24. The lowest BCUT2D eigenvalue weighted by Crippen LogP contribution is -2.46. The van der Waals surface area contributed by atoms with Crippen LogP contribution >= 0.6 is 0 Å². The molecule has 1 aromatic heterocycles. The van der Waals surface area contributed by atoms with Gasteiger partial charge >= 0.3 is 6.03 Å². The minimum absolute atomic E-state index is 0.162. The third kappa shape index (κ3) is 6.12. The number of nitrogens with one attached hydrogen (secondary N) is 2. The molecule has 0 saturated carbocycles. The van der Waals surface area contributed by atoms with Gasteiger partial charge in [0.15, 0.2) is 0 Å². The molecular formula is C16H27N3O2. The van der Waals surface area contributed by atoms with Gasteiger partial charge in [-0.15, -0.1) is 0 Å². The van der Waals surface area contributed by atoms with E-state index < -0.39 is 6.10 Å². The van der Waals surface area contributed by atoms with Crippen molar-refractivity contribution in [1.82, 2.24) is 15.6 Å². The number of hydrogen-bond acceptors (Lipinski definition) is 3. The molecule has 118 valence electrons. The maximum Gasteiger partial charge on any atom is 0.314 e. The zero-order valence-corrected chi connectivity index (χ0v) is 13.4. The predicted octanol–water partition coefficient (Wildman–Crippen LogP) is 1.97. The van der Waals surface area contributed by atoms with Crippen molar-refractivity contribution in [3.05, 3.63) is 30.1 Å². The van der Waals surface area contributed by atoms with E-state index in [0.29, 0.717) is 13.1 Å². The maximum absolute atomic E-state index is 11.8. The monoisotopic (exact) mass is 293 g/mol. The van der Waals surface area contributed by atoms with Crippen molar-refractivity contribution in [2.75, 3.05) is 13.1 Å². The van der Waals surface area contributed by atoms with Gasteiger partial charge in [-0.2, -0.15) is 0 Å². The summed E-state index contributed by atoms with van der Waals surface area (Å²) in [4.78, 5) is 15.8. The highest BCUT2D eigenvalue weighted by atomic mass is 16.3. The second-order valence-electron chi connectivity index (χ2n) is 6.40. The standard InChI is InChI=1S/C16H27N3O2/c1-12(2)14(20)16(3,4)11-19-15(21)18-9-7-13-6-5-8-17-10-13/h5-6,8,10,12,14,20H,7,9,11H2,1-4H3,(H2,18,19,21). The molecule has 0 aromatic carbocycles. The Balaban J connectivity index is 2.28. The summed E-state index contributed by atoms with van der Waals surface area (Å²) in [6.45, 7) is 8.84. The lowest BCUT2D eigenvalue weighted by Gasteiger charge is -2.33. The van der Waals surface area contributed by atoms with E-state index in [1.807, 2.05) is 39.8 Å². The van der Waals surface area contributed by atoms with Crippen molar-refractivity contribution in [2.24, 2.45) is 11.3 Å². The molecule has 1 unspecified atom stereocenters. The molecule has 0 bridgehead atoms. The fourth-order valence-corrected chi connectivity index (χ4v) is 2.24. The molecule has 21 heavy (non-hydrogen) atoms. The minimum atomic E-state index is -0.451. The van der Waals surface area contributed by atoms with E-state index in [1.54, 1.807) is 12.4 Å². The van der Waals surface area contributed by atoms with Gasteiger partial charge < -0.3 is 15.7 Å². The van der Waals surface area contributed by atoms with Crippen LogP contribution in [0.15, 0.2) is 24.5 Å². The first-order valence-electron chi connectivity index (χ1n) is 7.41. The van der Waals surface area contributed by atoms with Crippen molar-refractivity contribution < 1.29 is 9.90 Å². The first-order valence-corrected chi connectivity index (χ1v) is 7.41. The quantitative estimate of drug-likeness (QED) is 0.719. The highest BCUT2D eigenvalue weighted by Crippen LogP contribution is 2.24. The van der Waals surface area contributed by atoms with Gasteiger partial charge in [-0.1, -0.05) is 33.8 Å². The summed E-state index contributed by atoms with van der Waals surface area (Å²) in [5.74, 6) is 0.162. The Morgan fingerprint density at radius 2 is 2.10 bits per heavy atom. The predicted molar refractivity (Wildman–Crippen MR) is 84.0 cm³/mol. The van der Waals surface area contributed by atoms with Gasteiger partial charge in [-0.25, -0.2) is 4.79 Å². The zero-order chi connectivity index (χ0) is 15.9. The highest BCUT2D eigenvalue weighted by molar-refractivity contribution is 5.73. The lowest BCUT2D eigenvalue weighted by atomic mass is 9.81. The van der Waals surface area contributed by atoms with E-state index in [4.69, 9.17) is 0 Å². The van der Waals surface area contributed by atoms with Crippen molar-refractivity contribution in [3.8, 4) is 0 Å². The summed E-state index contributed by atoms with van der Waals surface area (Å²) in [6.07, 6.45) is 3.82. The number of hydrogen-bond donors (Lipinski definition) is 3. The smallest absolute Gasteiger partial charge is 0.314 e. The third-order valence-electron chi connectivity index (χ3n) is 3.56. The molecule has 0 spiro atoms. The van der Waals surface area contributed by atoms with Gasteiger partial charge in [0.2, 0.25) is 0 Å². The Bertz CT molecular complexity index is 432. The first-order chi connectivity index (χ1) is 9.83. The minimum Gasteiger partial charge on any atom is -0.392 e. The van der Waals surface area contributed by atoms with Crippen LogP contribution in [0.25, 0.3) is 0 Å². The summed E-state index contributed by atoms with van der Waals surface area (Å²) in [7, 11) is 0. The number of nitrogens with zero attached hydrogens (tertiary/aromatic N) is 1. The van der Waals surface area contributed by atoms with Crippen LogP contribution in [0.3, 0.4) is 0 Å². The Morgan fingerprint density at radius 3 is 2.67 bits per heavy atom. The topological polar surface area (TPSA) is 74.2 Å². The molecule has 1 rings (SSSR count). The van der Waals surface area contributed by atoms with Gasteiger partial charge in [0.1, 0.15) is 0 Å². The fraction of sp³-hybridized carbons (Fsp3) is 0.625. The largest absolute Gasteiger partial charge is 0.392 e. The number of carbonyl (C=O) groups is 1. The molecular weight excluding hydrogens is 266 g/mol. The Morgan fingerprint density at radius 1 is 1.38 bits per heavy atom. The average molecular weight is 293 g/mol. The molecule has 5 nitrogen and oxygen atoms in total. The molecule has 3 N–H and O–H groups in total. The number of aromatic nitrogens is 1. The van der Waals surface area contributed by atoms with Crippen molar-refractivity contribution in [3.63, 3.8) is 0 Å². The number of aliphatic hydroxyl groups excluding tert-OH is 1.